The lowest BCUT2D eigenvalue weighted by molar-refractivity contribution is 0.387. The fraction of sp³-hybridized carbons (Fsp3) is 1.00. The van der Waals surface area contributed by atoms with E-state index >= 15 is 0 Å². The Morgan fingerprint density at radius 1 is 1.36 bits per heavy atom. The third-order valence-electron chi connectivity index (χ3n) is 5.19. The zero-order chi connectivity index (χ0) is 8.02. The van der Waals surface area contributed by atoms with Gasteiger partial charge in [-0.25, -0.2) is 0 Å². The van der Waals surface area contributed by atoms with E-state index in [0.29, 0.717) is 0 Å². The minimum atomic E-state index is 0.812. The predicted octanol–water partition coefficient (Wildman–Crippen LogP) is 2.93. The first kappa shape index (κ1) is 6.51. The van der Waals surface area contributed by atoms with Gasteiger partial charge in [-0.05, 0) is 40.9 Å². The Hall–Kier alpha value is 0. The van der Waals surface area contributed by atoms with Crippen molar-refractivity contribution in [3.63, 3.8) is 0 Å². The third kappa shape index (κ3) is 0.363. The fourth-order valence-corrected chi connectivity index (χ4v) is 4.53. The highest BCUT2D eigenvalue weighted by Crippen LogP contribution is 3.10. The van der Waals surface area contributed by atoms with Crippen molar-refractivity contribution in [3.05, 3.63) is 0 Å². The summed E-state index contributed by atoms with van der Waals surface area (Å²) >= 11 is 0. The van der Waals surface area contributed by atoms with E-state index < -0.39 is 0 Å². The summed E-state index contributed by atoms with van der Waals surface area (Å²) in [4.78, 5) is 0. The van der Waals surface area contributed by atoms with Crippen LogP contribution in [-0.2, 0) is 0 Å². The fourth-order valence-electron chi connectivity index (χ4n) is 4.53. The average Bonchev–Trinajstić information content (AvgIpc) is 2.73. The molecule has 0 aromatic carbocycles. The molecular weight excluding hydrogens is 132 g/mol. The van der Waals surface area contributed by atoms with Crippen molar-refractivity contribution < 1.29 is 0 Å². The highest BCUT2D eigenvalue weighted by atomic mass is 15.1. The number of rotatable bonds is 2. The molecule has 0 aliphatic heterocycles. The smallest absolute Gasteiger partial charge is 0.0136 e. The van der Waals surface area contributed by atoms with E-state index in [0.717, 1.165) is 22.7 Å². The van der Waals surface area contributed by atoms with Gasteiger partial charge in [-0.15, -0.1) is 0 Å². The first-order valence-electron chi connectivity index (χ1n) is 5.12. The SMILES string of the molecule is CCC1(C)C2C3C(C(C)C)C321. The molecule has 3 rings (SSSR count). The molecule has 0 N–H and O–H groups in total. The minimum absolute atomic E-state index is 0.812. The topological polar surface area (TPSA) is 0 Å². The molecule has 0 saturated heterocycles. The molecule has 1 spiro atoms. The van der Waals surface area contributed by atoms with Crippen LogP contribution in [0.25, 0.3) is 0 Å². The molecule has 11 heavy (non-hydrogen) atoms. The molecule has 3 fully saturated rings. The molecule has 0 aromatic heterocycles. The lowest BCUT2D eigenvalue weighted by Gasteiger charge is -2.10. The van der Waals surface area contributed by atoms with E-state index in [4.69, 9.17) is 0 Å². The first-order valence-corrected chi connectivity index (χ1v) is 5.12. The Morgan fingerprint density at radius 3 is 2.27 bits per heavy atom. The van der Waals surface area contributed by atoms with Crippen LogP contribution in [-0.4, -0.2) is 0 Å². The van der Waals surface area contributed by atoms with Crippen molar-refractivity contribution in [2.24, 2.45) is 34.5 Å². The maximum Gasteiger partial charge on any atom is -0.0136 e. The molecular formula is C11H18. The molecule has 0 amide bonds. The van der Waals surface area contributed by atoms with E-state index in [9.17, 15) is 0 Å². The normalized spacial score (nSPS) is 69.0. The zero-order valence-corrected chi connectivity index (χ0v) is 8.02. The molecule has 62 valence electrons. The summed E-state index contributed by atoms with van der Waals surface area (Å²) in [5.74, 6) is 4.49. The molecule has 3 aliphatic rings. The van der Waals surface area contributed by atoms with Gasteiger partial charge < -0.3 is 0 Å². The van der Waals surface area contributed by atoms with Gasteiger partial charge in [0.25, 0.3) is 0 Å². The maximum absolute atomic E-state index is 2.51. The van der Waals surface area contributed by atoms with Crippen molar-refractivity contribution in [2.45, 2.75) is 34.1 Å². The Morgan fingerprint density at radius 2 is 2.00 bits per heavy atom. The Balaban J connectivity index is 1.79. The summed E-state index contributed by atoms with van der Waals surface area (Å²) in [6.07, 6.45) is 1.43. The molecule has 0 heterocycles. The number of hydrogen-bond acceptors (Lipinski definition) is 0. The molecule has 0 heteroatoms. The summed E-state index contributed by atoms with van der Waals surface area (Å²) in [6.45, 7) is 9.68. The van der Waals surface area contributed by atoms with Crippen LogP contribution in [0.15, 0.2) is 0 Å². The van der Waals surface area contributed by atoms with Gasteiger partial charge in [0, 0.05) is 0 Å². The molecule has 0 aromatic rings. The molecule has 0 radical (unpaired) electrons. The van der Waals surface area contributed by atoms with Crippen molar-refractivity contribution in [1.82, 2.24) is 0 Å². The van der Waals surface area contributed by atoms with Crippen LogP contribution < -0.4 is 0 Å². The van der Waals surface area contributed by atoms with Crippen LogP contribution in [0.1, 0.15) is 34.1 Å². The van der Waals surface area contributed by atoms with E-state index in [1.807, 2.05) is 0 Å². The van der Waals surface area contributed by atoms with Gasteiger partial charge in [0.1, 0.15) is 0 Å². The third-order valence-corrected chi connectivity index (χ3v) is 5.19. The van der Waals surface area contributed by atoms with Crippen molar-refractivity contribution in [2.75, 3.05) is 0 Å². The number of hydrogen-bond donors (Lipinski definition) is 0. The molecule has 0 nitrogen and oxygen atoms in total. The highest BCUT2D eigenvalue weighted by Gasteiger charge is 3.07. The Kier molecular flexibility index (Phi) is 0.767. The van der Waals surface area contributed by atoms with Crippen molar-refractivity contribution in [1.29, 1.82) is 0 Å². The molecule has 0 bridgehead atoms. The van der Waals surface area contributed by atoms with Crippen LogP contribution >= 0.6 is 0 Å². The maximum atomic E-state index is 2.51. The summed E-state index contributed by atoms with van der Waals surface area (Å²) < 4.78 is 0. The minimum Gasteiger partial charge on any atom is -0.0648 e. The van der Waals surface area contributed by atoms with Crippen LogP contribution in [0.3, 0.4) is 0 Å². The molecule has 3 aliphatic carbocycles. The summed E-state index contributed by atoms with van der Waals surface area (Å²) in [5, 5.41) is 0. The second-order valence-corrected chi connectivity index (χ2v) is 5.48. The lowest BCUT2D eigenvalue weighted by atomic mass is 9.94. The average molecular weight is 150 g/mol. The highest BCUT2D eigenvalue weighted by molar-refractivity contribution is 5.53. The first-order chi connectivity index (χ1) is 5.12. The van der Waals surface area contributed by atoms with Crippen LogP contribution in [0.4, 0.5) is 0 Å². The van der Waals surface area contributed by atoms with E-state index in [1.165, 1.54) is 18.3 Å². The Bertz CT molecular complexity index is 230. The van der Waals surface area contributed by atoms with Crippen LogP contribution in [0.5, 0.6) is 0 Å². The zero-order valence-electron chi connectivity index (χ0n) is 8.02. The van der Waals surface area contributed by atoms with Gasteiger partial charge in [0.15, 0.2) is 0 Å². The van der Waals surface area contributed by atoms with Crippen molar-refractivity contribution in [3.8, 4) is 0 Å². The monoisotopic (exact) mass is 150 g/mol. The second-order valence-electron chi connectivity index (χ2n) is 5.48. The van der Waals surface area contributed by atoms with Crippen LogP contribution in [0, 0.1) is 34.5 Å². The van der Waals surface area contributed by atoms with Gasteiger partial charge in [0.05, 0.1) is 0 Å². The number of fused-ring (bicyclic) bond motifs is 1. The standard InChI is InChI=1S/C11H18/c1-5-10(4)9-8-7(6(2)3)11(8,9)10/h6-9H,5H2,1-4H3. The summed E-state index contributed by atoms with van der Waals surface area (Å²) in [7, 11) is 0. The predicted molar refractivity (Wildman–Crippen MR) is 46.1 cm³/mol. The molecule has 3 saturated carbocycles. The summed E-state index contributed by atoms with van der Waals surface area (Å²) in [5.41, 5.74) is 1.74. The van der Waals surface area contributed by atoms with Gasteiger partial charge in [-0.1, -0.05) is 27.7 Å². The van der Waals surface area contributed by atoms with Gasteiger partial charge in [0.2, 0.25) is 0 Å². The van der Waals surface area contributed by atoms with Gasteiger partial charge >= 0.3 is 0 Å². The lowest BCUT2D eigenvalue weighted by Crippen LogP contribution is -2.03. The molecule has 5 atom stereocenters. The summed E-state index contributed by atoms with van der Waals surface area (Å²) in [6, 6.07) is 0. The molecule has 5 unspecified atom stereocenters. The van der Waals surface area contributed by atoms with Gasteiger partial charge in [-0.3, -0.25) is 0 Å². The van der Waals surface area contributed by atoms with Crippen molar-refractivity contribution >= 4 is 0 Å². The van der Waals surface area contributed by atoms with E-state index in [1.54, 1.807) is 0 Å². The Labute approximate surface area is 69.4 Å². The van der Waals surface area contributed by atoms with Gasteiger partial charge in [-0.2, -0.15) is 0 Å². The van der Waals surface area contributed by atoms with E-state index in [-0.39, 0.29) is 0 Å². The van der Waals surface area contributed by atoms with E-state index in [2.05, 4.69) is 27.7 Å². The second kappa shape index (κ2) is 1.30. The van der Waals surface area contributed by atoms with Crippen LogP contribution in [0.2, 0.25) is 0 Å². The largest absolute Gasteiger partial charge is 0.0648 e. The quantitative estimate of drug-likeness (QED) is 0.567.